The van der Waals surface area contributed by atoms with Crippen LogP contribution >= 0.6 is 31.9 Å². The van der Waals surface area contributed by atoms with E-state index in [0.29, 0.717) is 24.2 Å². The molecular weight excluding hydrogens is 480 g/mol. The molecule has 6 nitrogen and oxygen atoms in total. The first-order valence-corrected chi connectivity index (χ1v) is 10.5. The number of halogens is 2. The number of aliphatic hydroxyl groups excluding tert-OH is 1. The number of anilines is 1. The lowest BCUT2D eigenvalue weighted by Crippen LogP contribution is -2.50. The quantitative estimate of drug-likeness (QED) is 0.626. The molecule has 0 spiro atoms. The Labute approximate surface area is 174 Å². The second-order valence-corrected chi connectivity index (χ2v) is 9.25. The SMILES string of the molecule is COC(=O)N1CC2(CO)C3CC=C(C(=O)Nc4ccccc4Br)C2C1C3Br. The number of allylic oxidation sites excluding steroid dienone is 1. The number of benzene rings is 1. The Morgan fingerprint density at radius 2 is 2.15 bits per heavy atom. The summed E-state index contributed by atoms with van der Waals surface area (Å²) in [5, 5.41) is 13.3. The maximum absolute atomic E-state index is 13.1. The Morgan fingerprint density at radius 3 is 2.81 bits per heavy atom. The summed E-state index contributed by atoms with van der Waals surface area (Å²) in [6.07, 6.45) is 2.23. The van der Waals surface area contributed by atoms with Crippen LogP contribution in [0.25, 0.3) is 0 Å². The molecule has 0 aromatic heterocycles. The summed E-state index contributed by atoms with van der Waals surface area (Å²) in [6, 6.07) is 7.21. The van der Waals surface area contributed by atoms with Crippen LogP contribution in [0, 0.1) is 17.3 Å². The monoisotopic (exact) mass is 498 g/mol. The minimum Gasteiger partial charge on any atom is -0.453 e. The first-order valence-electron chi connectivity index (χ1n) is 8.80. The highest BCUT2D eigenvalue weighted by molar-refractivity contribution is 9.10. The fourth-order valence-electron chi connectivity index (χ4n) is 5.10. The van der Waals surface area contributed by atoms with E-state index in [0.717, 1.165) is 4.47 Å². The Morgan fingerprint density at radius 1 is 1.41 bits per heavy atom. The lowest BCUT2D eigenvalue weighted by molar-refractivity contribution is -0.114. The van der Waals surface area contributed by atoms with Gasteiger partial charge in [-0.1, -0.05) is 34.1 Å². The number of amides is 2. The van der Waals surface area contributed by atoms with Crippen molar-refractivity contribution in [3.63, 3.8) is 0 Å². The smallest absolute Gasteiger partial charge is 0.409 e. The third kappa shape index (κ3) is 2.68. The highest BCUT2D eigenvalue weighted by atomic mass is 79.9. The molecule has 1 saturated carbocycles. The summed E-state index contributed by atoms with van der Waals surface area (Å²) < 4.78 is 5.74. The van der Waals surface area contributed by atoms with Crippen molar-refractivity contribution in [3.05, 3.63) is 40.4 Å². The summed E-state index contributed by atoms with van der Waals surface area (Å²) in [6.45, 7) is 0.325. The number of likely N-dealkylation sites (tertiary alicyclic amines) is 1. The topological polar surface area (TPSA) is 78.9 Å². The fourth-order valence-corrected chi connectivity index (χ4v) is 6.82. The molecule has 4 bridgehead atoms. The molecule has 1 aromatic rings. The van der Waals surface area contributed by atoms with E-state index >= 15 is 0 Å². The average molecular weight is 500 g/mol. The molecule has 1 aliphatic heterocycles. The van der Waals surface area contributed by atoms with E-state index in [-0.39, 0.29) is 35.2 Å². The van der Waals surface area contributed by atoms with Crippen LogP contribution in [0.5, 0.6) is 0 Å². The number of hydrogen-bond donors (Lipinski definition) is 2. The second kappa shape index (κ2) is 6.90. The van der Waals surface area contributed by atoms with Gasteiger partial charge in [-0.25, -0.2) is 4.79 Å². The Balaban J connectivity index is 1.68. The third-order valence-corrected chi connectivity index (χ3v) is 8.12. The number of rotatable bonds is 3. The number of nitrogens with one attached hydrogen (secondary N) is 1. The summed E-state index contributed by atoms with van der Waals surface area (Å²) in [5.74, 6) is -0.243. The van der Waals surface area contributed by atoms with Crippen LogP contribution in [0.15, 0.2) is 40.4 Å². The summed E-state index contributed by atoms with van der Waals surface area (Å²) in [5.41, 5.74) is 0.797. The van der Waals surface area contributed by atoms with E-state index in [1.165, 1.54) is 7.11 Å². The lowest BCUT2D eigenvalue weighted by Gasteiger charge is -2.42. The molecule has 0 radical (unpaired) electrons. The molecule has 2 fully saturated rings. The molecular formula is C19H20Br2N2O4. The van der Waals surface area contributed by atoms with Gasteiger partial charge in [0.15, 0.2) is 0 Å². The van der Waals surface area contributed by atoms with Crippen LogP contribution in [0.3, 0.4) is 0 Å². The van der Waals surface area contributed by atoms with E-state index < -0.39 is 11.5 Å². The van der Waals surface area contributed by atoms with Gasteiger partial charge in [0.1, 0.15) is 0 Å². The molecule has 5 unspecified atom stereocenters. The molecule has 1 heterocycles. The van der Waals surface area contributed by atoms with Crippen LogP contribution in [0.1, 0.15) is 6.42 Å². The molecule has 1 aromatic carbocycles. The van der Waals surface area contributed by atoms with E-state index in [1.807, 2.05) is 30.3 Å². The second-order valence-electron chi connectivity index (χ2n) is 7.34. The first-order chi connectivity index (χ1) is 12.9. The van der Waals surface area contributed by atoms with Gasteiger partial charge in [-0.15, -0.1) is 0 Å². The van der Waals surface area contributed by atoms with Gasteiger partial charge in [0, 0.05) is 32.8 Å². The van der Waals surface area contributed by atoms with Crippen LogP contribution < -0.4 is 5.32 Å². The molecule has 2 aliphatic carbocycles. The zero-order valence-electron chi connectivity index (χ0n) is 14.7. The van der Waals surface area contributed by atoms with Crippen LogP contribution in [-0.2, 0) is 9.53 Å². The zero-order chi connectivity index (χ0) is 19.3. The number of piperidine rings is 1. The zero-order valence-corrected chi connectivity index (χ0v) is 17.9. The number of hydrogen-bond acceptors (Lipinski definition) is 4. The van der Waals surface area contributed by atoms with E-state index in [2.05, 4.69) is 37.2 Å². The normalized spacial score (nSPS) is 33.6. The van der Waals surface area contributed by atoms with Crippen molar-refractivity contribution in [2.24, 2.45) is 17.3 Å². The Hall–Kier alpha value is -1.38. The molecule has 5 atom stereocenters. The predicted molar refractivity (Wildman–Crippen MR) is 108 cm³/mol. The van der Waals surface area contributed by atoms with Crippen LogP contribution in [-0.4, -0.2) is 53.1 Å². The van der Waals surface area contributed by atoms with Crippen molar-refractivity contribution in [2.75, 3.05) is 25.6 Å². The van der Waals surface area contributed by atoms with Crippen molar-refractivity contribution in [1.29, 1.82) is 0 Å². The number of alkyl halides is 1. The van der Waals surface area contributed by atoms with Crippen molar-refractivity contribution < 1.29 is 19.4 Å². The lowest BCUT2D eigenvalue weighted by atomic mass is 9.66. The van der Waals surface area contributed by atoms with Gasteiger partial charge in [-0.2, -0.15) is 0 Å². The highest BCUT2D eigenvalue weighted by Crippen LogP contribution is 2.63. The van der Waals surface area contributed by atoms with Crippen LogP contribution in [0.4, 0.5) is 10.5 Å². The van der Waals surface area contributed by atoms with Gasteiger partial charge in [-0.3, -0.25) is 4.79 Å². The van der Waals surface area contributed by atoms with Crippen molar-refractivity contribution in [2.45, 2.75) is 17.3 Å². The summed E-state index contributed by atoms with van der Waals surface area (Å²) >= 11 is 7.18. The Bertz CT molecular complexity index is 830. The molecule has 2 amide bonds. The maximum atomic E-state index is 13.1. The molecule has 144 valence electrons. The van der Waals surface area contributed by atoms with Gasteiger partial charge >= 0.3 is 6.09 Å². The first kappa shape index (κ1) is 19.0. The minimum absolute atomic E-state index is 0.00695. The number of carbonyl (C=O) groups is 2. The van der Waals surface area contributed by atoms with E-state index in [1.54, 1.807) is 4.90 Å². The average Bonchev–Trinajstić information content (AvgIpc) is 3.08. The van der Waals surface area contributed by atoms with Crippen molar-refractivity contribution in [3.8, 4) is 0 Å². The third-order valence-electron chi connectivity index (χ3n) is 6.25. The standard InChI is InChI=1S/C19H20Br2N2O4/c1-27-18(26)23-8-19(9-24)11-7-6-10(14(19)16(23)15(11)21)17(25)22-13-5-3-2-4-12(13)20/h2-6,11,14-16,24H,7-9H2,1H3,(H,22,25). The summed E-state index contributed by atoms with van der Waals surface area (Å²) in [4.78, 5) is 27.1. The molecule has 1 saturated heterocycles. The molecule has 3 aliphatic rings. The van der Waals surface area contributed by atoms with E-state index in [9.17, 15) is 14.7 Å². The number of aliphatic hydroxyl groups is 1. The number of ether oxygens (including phenoxy) is 1. The molecule has 4 rings (SSSR count). The van der Waals surface area contributed by atoms with Gasteiger partial charge in [0.25, 0.3) is 5.91 Å². The molecule has 27 heavy (non-hydrogen) atoms. The predicted octanol–water partition coefficient (Wildman–Crippen LogP) is 3.16. The largest absolute Gasteiger partial charge is 0.453 e. The highest BCUT2D eigenvalue weighted by Gasteiger charge is 2.70. The van der Waals surface area contributed by atoms with Gasteiger partial charge in [0.05, 0.1) is 25.4 Å². The fraction of sp³-hybridized carbons (Fsp3) is 0.474. The number of para-hydroxylation sites is 1. The number of nitrogens with zero attached hydrogens (tertiary/aromatic N) is 1. The van der Waals surface area contributed by atoms with Gasteiger partial charge in [-0.05, 0) is 40.4 Å². The number of methoxy groups -OCH3 is 1. The molecule has 2 N–H and O–H groups in total. The molecule has 8 heteroatoms. The van der Waals surface area contributed by atoms with E-state index in [4.69, 9.17) is 4.74 Å². The maximum Gasteiger partial charge on any atom is 0.409 e. The minimum atomic E-state index is -0.525. The van der Waals surface area contributed by atoms with Crippen LogP contribution in [0.2, 0.25) is 0 Å². The van der Waals surface area contributed by atoms with Crippen molar-refractivity contribution >= 4 is 49.5 Å². The van der Waals surface area contributed by atoms with Crippen molar-refractivity contribution in [1.82, 2.24) is 4.90 Å². The summed E-state index contributed by atoms with van der Waals surface area (Å²) in [7, 11) is 1.35. The number of carbonyl (C=O) groups excluding carboxylic acids is 2. The van der Waals surface area contributed by atoms with Gasteiger partial charge < -0.3 is 20.1 Å². The van der Waals surface area contributed by atoms with Gasteiger partial charge in [0.2, 0.25) is 0 Å². The Kier molecular flexibility index (Phi) is 4.84.